The third-order valence-electron chi connectivity index (χ3n) is 6.73. The van der Waals surface area contributed by atoms with Crippen LogP contribution in [0.3, 0.4) is 0 Å². The Bertz CT molecular complexity index is 1100. The number of ether oxygens (including phenoxy) is 2. The van der Waals surface area contributed by atoms with Crippen LogP contribution in [0.5, 0.6) is 5.75 Å². The van der Waals surface area contributed by atoms with Crippen molar-refractivity contribution >= 4 is 35.3 Å². The number of carbonyl (C=O) groups is 3. The molecule has 2 aliphatic rings. The Balaban J connectivity index is 1.53. The first-order chi connectivity index (χ1) is 16.9. The Morgan fingerprint density at radius 3 is 2.89 bits per heavy atom. The normalized spacial score (nSPS) is 22.7. The summed E-state index contributed by atoms with van der Waals surface area (Å²) in [5.74, 6) is -0.0607. The number of carbonyl (C=O) groups excluding carboxylic acids is 3. The lowest BCUT2D eigenvalue weighted by molar-refractivity contribution is -0.127. The summed E-state index contributed by atoms with van der Waals surface area (Å²) in [7, 11) is 1.58. The molecule has 1 aromatic carbocycles. The highest BCUT2D eigenvalue weighted by molar-refractivity contribution is 6.01. The number of likely N-dealkylation sites (tertiary alicyclic amines) is 1. The smallest absolute Gasteiger partial charge is 0.271 e. The topological polar surface area (TPSA) is 125 Å². The Labute approximate surface area is 204 Å². The molecule has 4 rings (SSSR count). The van der Waals surface area contributed by atoms with Crippen LogP contribution in [0.25, 0.3) is 10.9 Å². The SMILES string of the molecule is C=NC[C@H](C[C@@H]1CCNC1=O)NC(=O)[C@@H]1C[C@@H](OCC)CN1C(=O)c1cc2c(OC)cccc2[nH]1. The number of H-pyrrole nitrogens is 1. The standard InChI is InChI=1S/C25H33N5O5/c1-4-35-17-11-21(24(32)28-16(13-26-2)10-15-8-9-27-23(15)31)30(14-17)25(33)20-12-18-19(29-20)6-5-7-22(18)34-3/h5-7,12,15-17,21,29H,2,4,8-11,13-14H2,1,3H3,(H,27,31)(H,28,32)/t15-,16-,17+,21-/m0/s1. The summed E-state index contributed by atoms with van der Waals surface area (Å²) in [6.07, 6.45) is 1.36. The number of fused-ring (bicyclic) bond motifs is 1. The Morgan fingerprint density at radius 1 is 1.37 bits per heavy atom. The number of aromatic nitrogens is 1. The zero-order valence-electron chi connectivity index (χ0n) is 20.2. The van der Waals surface area contributed by atoms with Crippen LogP contribution in [0.1, 0.15) is 36.7 Å². The highest BCUT2D eigenvalue weighted by Gasteiger charge is 2.41. The Hall–Kier alpha value is -3.40. The van der Waals surface area contributed by atoms with Crippen LogP contribution in [-0.4, -0.2) is 85.9 Å². The molecule has 35 heavy (non-hydrogen) atoms. The van der Waals surface area contributed by atoms with Gasteiger partial charge in [-0.2, -0.15) is 0 Å². The molecule has 0 spiro atoms. The zero-order chi connectivity index (χ0) is 24.9. The Morgan fingerprint density at radius 2 is 2.20 bits per heavy atom. The second-order valence-electron chi connectivity index (χ2n) is 9.01. The number of rotatable bonds is 10. The van der Waals surface area contributed by atoms with E-state index < -0.39 is 6.04 Å². The lowest BCUT2D eigenvalue weighted by atomic mass is 9.98. The largest absolute Gasteiger partial charge is 0.496 e. The molecule has 2 saturated heterocycles. The molecule has 0 radical (unpaired) electrons. The fourth-order valence-corrected chi connectivity index (χ4v) is 5.05. The predicted octanol–water partition coefficient (Wildman–Crippen LogP) is 1.51. The molecular weight excluding hydrogens is 450 g/mol. The summed E-state index contributed by atoms with van der Waals surface area (Å²) in [5, 5.41) is 6.64. The van der Waals surface area contributed by atoms with Crippen LogP contribution in [0.15, 0.2) is 29.3 Å². The molecule has 1 aromatic heterocycles. The molecule has 2 aliphatic heterocycles. The minimum atomic E-state index is -0.697. The van der Waals surface area contributed by atoms with E-state index in [0.29, 0.717) is 50.5 Å². The first-order valence-electron chi connectivity index (χ1n) is 12.0. The lowest BCUT2D eigenvalue weighted by Gasteiger charge is -2.26. The molecule has 0 unspecified atom stereocenters. The van der Waals surface area contributed by atoms with Gasteiger partial charge in [0.2, 0.25) is 11.8 Å². The highest BCUT2D eigenvalue weighted by Crippen LogP contribution is 2.29. The van der Waals surface area contributed by atoms with Gasteiger partial charge >= 0.3 is 0 Å². The molecule has 3 heterocycles. The van der Waals surface area contributed by atoms with Gasteiger partial charge in [-0.1, -0.05) is 6.07 Å². The number of aromatic amines is 1. The van der Waals surface area contributed by atoms with E-state index in [4.69, 9.17) is 9.47 Å². The summed E-state index contributed by atoms with van der Waals surface area (Å²) >= 11 is 0. The van der Waals surface area contributed by atoms with Crippen molar-refractivity contribution in [2.75, 3.05) is 33.4 Å². The number of methoxy groups -OCH3 is 1. The van der Waals surface area contributed by atoms with E-state index in [2.05, 4.69) is 27.3 Å². The molecule has 2 aromatic rings. The summed E-state index contributed by atoms with van der Waals surface area (Å²) in [4.78, 5) is 47.7. The van der Waals surface area contributed by atoms with Crippen molar-refractivity contribution in [1.82, 2.24) is 20.5 Å². The van der Waals surface area contributed by atoms with Gasteiger partial charge < -0.3 is 30.0 Å². The second-order valence-corrected chi connectivity index (χ2v) is 9.01. The highest BCUT2D eigenvalue weighted by atomic mass is 16.5. The number of benzene rings is 1. The summed E-state index contributed by atoms with van der Waals surface area (Å²) in [6.45, 7) is 7.19. The molecule has 2 fully saturated rings. The van der Waals surface area contributed by atoms with E-state index in [9.17, 15) is 14.4 Å². The predicted molar refractivity (Wildman–Crippen MR) is 132 cm³/mol. The quantitative estimate of drug-likeness (QED) is 0.442. The average Bonchev–Trinajstić information content (AvgIpc) is 3.57. The van der Waals surface area contributed by atoms with Gasteiger partial charge in [0.05, 0.1) is 19.8 Å². The molecule has 0 aliphatic carbocycles. The van der Waals surface area contributed by atoms with Crippen LogP contribution in [0.2, 0.25) is 0 Å². The molecule has 0 bridgehead atoms. The number of aliphatic imine (C=N–C) groups is 1. The van der Waals surface area contributed by atoms with Crippen molar-refractivity contribution in [1.29, 1.82) is 0 Å². The number of nitrogens with zero attached hydrogens (tertiary/aromatic N) is 2. The van der Waals surface area contributed by atoms with Crippen LogP contribution < -0.4 is 15.4 Å². The Kier molecular flexibility index (Phi) is 7.70. The summed E-state index contributed by atoms with van der Waals surface area (Å²) in [5.41, 5.74) is 1.16. The van der Waals surface area contributed by atoms with Crippen LogP contribution in [0.4, 0.5) is 0 Å². The van der Waals surface area contributed by atoms with E-state index in [1.165, 1.54) is 0 Å². The van der Waals surface area contributed by atoms with Crippen molar-refractivity contribution in [3.05, 3.63) is 30.0 Å². The fraction of sp³-hybridized carbons (Fsp3) is 0.520. The maximum atomic E-state index is 13.6. The molecule has 4 atom stereocenters. The number of amides is 3. The van der Waals surface area contributed by atoms with Crippen molar-refractivity contribution in [2.24, 2.45) is 10.9 Å². The van der Waals surface area contributed by atoms with Crippen molar-refractivity contribution < 1.29 is 23.9 Å². The van der Waals surface area contributed by atoms with Gasteiger partial charge in [0.25, 0.3) is 5.91 Å². The third-order valence-corrected chi connectivity index (χ3v) is 6.73. The van der Waals surface area contributed by atoms with E-state index in [0.717, 1.165) is 17.3 Å². The zero-order valence-corrected chi connectivity index (χ0v) is 20.2. The van der Waals surface area contributed by atoms with Gasteiger partial charge in [-0.05, 0) is 44.7 Å². The van der Waals surface area contributed by atoms with Gasteiger partial charge in [0.15, 0.2) is 0 Å². The van der Waals surface area contributed by atoms with Gasteiger partial charge in [0, 0.05) is 49.0 Å². The summed E-state index contributed by atoms with van der Waals surface area (Å²) < 4.78 is 11.2. The van der Waals surface area contributed by atoms with E-state index >= 15 is 0 Å². The molecule has 3 amide bonds. The monoisotopic (exact) mass is 483 g/mol. The average molecular weight is 484 g/mol. The van der Waals surface area contributed by atoms with Crippen molar-refractivity contribution in [3.63, 3.8) is 0 Å². The second kappa shape index (κ2) is 10.9. The molecular formula is C25H33N5O5. The van der Waals surface area contributed by atoms with Crippen LogP contribution in [0, 0.1) is 5.92 Å². The molecule has 3 N–H and O–H groups in total. The molecule has 188 valence electrons. The first kappa shape index (κ1) is 24.7. The number of nitrogens with one attached hydrogen (secondary N) is 3. The third kappa shape index (κ3) is 5.32. The maximum Gasteiger partial charge on any atom is 0.271 e. The van der Waals surface area contributed by atoms with E-state index in [-0.39, 0.29) is 35.8 Å². The van der Waals surface area contributed by atoms with Crippen molar-refractivity contribution in [3.8, 4) is 5.75 Å². The fourth-order valence-electron chi connectivity index (χ4n) is 5.05. The number of hydrogen-bond acceptors (Lipinski definition) is 6. The number of hydrogen-bond donors (Lipinski definition) is 3. The van der Waals surface area contributed by atoms with Gasteiger partial charge in [-0.3, -0.25) is 19.4 Å². The van der Waals surface area contributed by atoms with Gasteiger partial charge in [-0.25, -0.2) is 0 Å². The van der Waals surface area contributed by atoms with Gasteiger partial charge in [-0.15, -0.1) is 0 Å². The molecule has 10 nitrogen and oxygen atoms in total. The maximum absolute atomic E-state index is 13.6. The minimum absolute atomic E-state index is 0.00312. The van der Waals surface area contributed by atoms with Crippen molar-refractivity contribution in [2.45, 2.75) is 44.4 Å². The lowest BCUT2D eigenvalue weighted by Crippen LogP contribution is -2.50. The molecule has 10 heteroatoms. The minimum Gasteiger partial charge on any atom is -0.496 e. The van der Waals surface area contributed by atoms with Crippen LogP contribution >= 0.6 is 0 Å². The van der Waals surface area contributed by atoms with E-state index in [1.807, 2.05) is 25.1 Å². The van der Waals surface area contributed by atoms with Gasteiger partial charge in [0.1, 0.15) is 17.5 Å². The molecule has 0 saturated carbocycles. The van der Waals surface area contributed by atoms with Crippen LogP contribution in [-0.2, 0) is 14.3 Å². The summed E-state index contributed by atoms with van der Waals surface area (Å²) in [6, 6.07) is 6.27. The first-order valence-corrected chi connectivity index (χ1v) is 12.0. The van der Waals surface area contributed by atoms with E-state index in [1.54, 1.807) is 18.1 Å².